The van der Waals surface area contributed by atoms with Crippen LogP contribution in [0.2, 0.25) is 10.0 Å². The van der Waals surface area contributed by atoms with Crippen LogP contribution >= 0.6 is 23.2 Å². The second-order valence-corrected chi connectivity index (χ2v) is 12.1. The number of phenolic OH excluding ortho intramolecular Hbond substituents is 1. The lowest BCUT2D eigenvalue weighted by Gasteiger charge is -2.44. The first-order chi connectivity index (χ1) is 20.2. The Labute approximate surface area is 250 Å². The van der Waals surface area contributed by atoms with Crippen molar-refractivity contribution in [1.82, 2.24) is 0 Å². The summed E-state index contributed by atoms with van der Waals surface area (Å²) in [5.74, 6) is -7.21. The van der Waals surface area contributed by atoms with E-state index in [2.05, 4.69) is 0 Å². The van der Waals surface area contributed by atoms with Crippen LogP contribution in [0.4, 0.5) is 15.8 Å². The molecule has 2 aliphatic heterocycles. The predicted molar refractivity (Wildman–Crippen MR) is 153 cm³/mol. The monoisotopic (exact) mass is 604 g/mol. The van der Waals surface area contributed by atoms with Crippen LogP contribution in [0, 0.1) is 35.4 Å². The number of imide groups is 2. The fraction of sp³-hybridized carbons (Fsp3) is 0.250. The molecule has 7 rings (SSSR count). The van der Waals surface area contributed by atoms with Crippen molar-refractivity contribution in [2.24, 2.45) is 29.6 Å². The van der Waals surface area contributed by atoms with Gasteiger partial charge in [-0.15, -0.1) is 0 Å². The molecular formula is C32H23Cl2FN2O5. The number of amides is 4. The summed E-state index contributed by atoms with van der Waals surface area (Å²) >= 11 is 12.1. The average molecular weight is 605 g/mol. The van der Waals surface area contributed by atoms with Crippen molar-refractivity contribution in [1.29, 1.82) is 0 Å². The van der Waals surface area contributed by atoms with Gasteiger partial charge in [0.1, 0.15) is 0 Å². The highest BCUT2D eigenvalue weighted by atomic mass is 35.5. The number of carbonyl (C=O) groups is 4. The number of hydrogen-bond acceptors (Lipinski definition) is 5. The molecule has 0 bridgehead atoms. The lowest BCUT2D eigenvalue weighted by atomic mass is 9.57. The van der Waals surface area contributed by atoms with Gasteiger partial charge in [0.05, 0.1) is 35.0 Å². The minimum Gasteiger partial charge on any atom is -0.505 e. The number of anilines is 2. The second-order valence-electron chi connectivity index (χ2n) is 11.2. The molecule has 3 aromatic rings. The van der Waals surface area contributed by atoms with Crippen LogP contribution in [0.5, 0.6) is 5.75 Å². The Kier molecular flexibility index (Phi) is 6.26. The van der Waals surface area contributed by atoms with Gasteiger partial charge in [0.15, 0.2) is 11.6 Å². The molecule has 2 heterocycles. The molecule has 0 unspecified atom stereocenters. The van der Waals surface area contributed by atoms with Crippen LogP contribution in [-0.2, 0) is 19.2 Å². The first kappa shape index (κ1) is 26.9. The maximum atomic E-state index is 14.7. The zero-order valence-electron chi connectivity index (χ0n) is 21.9. The van der Waals surface area contributed by atoms with Crippen molar-refractivity contribution in [3.8, 4) is 5.75 Å². The van der Waals surface area contributed by atoms with Gasteiger partial charge in [0, 0.05) is 16.0 Å². The summed E-state index contributed by atoms with van der Waals surface area (Å²) < 4.78 is 14.7. The first-order valence-electron chi connectivity index (χ1n) is 13.6. The topological polar surface area (TPSA) is 95.0 Å². The summed E-state index contributed by atoms with van der Waals surface area (Å²) in [6.07, 6.45) is 2.34. The number of halogens is 3. The Bertz CT molecular complexity index is 1710. The molecule has 4 amide bonds. The lowest BCUT2D eigenvalue weighted by molar-refractivity contribution is -0.126. The van der Waals surface area contributed by atoms with Crippen LogP contribution in [0.25, 0.3) is 0 Å². The SMILES string of the molecule is O=C1[C@H]2[C@H](CC=C3[C@H]2C[C@H]2C(=O)N(c4ccc(Cl)cc4)C(=O)[C@H]2[C@H]3c2ccc(O)c(F)c2)C(=O)N1c1ccc(Cl)cc1. The van der Waals surface area contributed by atoms with Crippen molar-refractivity contribution in [3.05, 3.63) is 99.8 Å². The largest absolute Gasteiger partial charge is 0.505 e. The molecule has 3 fully saturated rings. The molecule has 7 nitrogen and oxygen atoms in total. The molecule has 1 N–H and O–H groups in total. The molecule has 0 spiro atoms. The number of benzene rings is 3. The predicted octanol–water partition coefficient (Wildman–Crippen LogP) is 5.88. The molecule has 3 aromatic carbocycles. The third-order valence-electron chi connectivity index (χ3n) is 9.15. The second kappa shape index (κ2) is 9.78. The number of rotatable bonds is 3. The van der Waals surface area contributed by atoms with E-state index in [0.29, 0.717) is 27.0 Å². The minimum atomic E-state index is -0.854. The molecule has 6 atom stereocenters. The van der Waals surface area contributed by atoms with Gasteiger partial charge in [-0.05, 0) is 85.0 Å². The molecular weight excluding hydrogens is 582 g/mol. The fourth-order valence-electron chi connectivity index (χ4n) is 7.37. The zero-order chi connectivity index (χ0) is 29.4. The summed E-state index contributed by atoms with van der Waals surface area (Å²) in [6.45, 7) is 0. The molecule has 2 aliphatic carbocycles. The van der Waals surface area contributed by atoms with Crippen molar-refractivity contribution < 1.29 is 28.7 Å². The van der Waals surface area contributed by atoms with Gasteiger partial charge in [0.25, 0.3) is 0 Å². The highest BCUT2D eigenvalue weighted by Gasteiger charge is 2.62. The standard InChI is InChI=1S/C32H23Cl2FN2O5/c33-16-2-6-18(7-3-16)36-29(39)21-11-10-20-22(27(21)31(36)41)14-23-28(26(20)15-1-12-25(38)24(35)13-15)32(42)37(30(23)40)19-8-4-17(34)5-9-19/h1-10,12-13,21-23,26-28,38H,11,14H2/t21-,22+,23+,26-,27-,28+/m0/s1. The minimum absolute atomic E-state index is 0.191. The number of phenols is 1. The zero-order valence-corrected chi connectivity index (χ0v) is 23.4. The number of hydrogen-bond donors (Lipinski definition) is 1. The fourth-order valence-corrected chi connectivity index (χ4v) is 7.62. The van der Waals surface area contributed by atoms with Crippen molar-refractivity contribution >= 4 is 58.2 Å². The smallest absolute Gasteiger partial charge is 0.238 e. The van der Waals surface area contributed by atoms with Gasteiger partial charge in [-0.2, -0.15) is 0 Å². The number of nitrogens with zero attached hydrogens (tertiary/aromatic N) is 2. The molecule has 2 saturated heterocycles. The van der Waals surface area contributed by atoms with E-state index in [1.54, 1.807) is 54.6 Å². The molecule has 1 saturated carbocycles. The molecule has 0 aromatic heterocycles. The van der Waals surface area contributed by atoms with E-state index in [1.165, 1.54) is 17.0 Å². The van der Waals surface area contributed by atoms with Crippen LogP contribution in [0.3, 0.4) is 0 Å². The Morgan fingerprint density at radius 3 is 1.81 bits per heavy atom. The third-order valence-corrected chi connectivity index (χ3v) is 9.65. The summed E-state index contributed by atoms with van der Waals surface area (Å²) in [7, 11) is 0. The normalized spacial score (nSPS) is 28.5. The van der Waals surface area contributed by atoms with E-state index >= 15 is 0 Å². The van der Waals surface area contributed by atoms with Gasteiger partial charge in [0.2, 0.25) is 23.6 Å². The molecule has 42 heavy (non-hydrogen) atoms. The number of fused-ring (bicyclic) bond motifs is 4. The van der Waals surface area contributed by atoms with Gasteiger partial charge in [-0.3, -0.25) is 29.0 Å². The number of aromatic hydroxyl groups is 1. The van der Waals surface area contributed by atoms with Gasteiger partial charge >= 0.3 is 0 Å². The van der Waals surface area contributed by atoms with Crippen molar-refractivity contribution in [3.63, 3.8) is 0 Å². The Hall–Kier alpha value is -4.01. The highest BCUT2D eigenvalue weighted by Crippen LogP contribution is 2.58. The van der Waals surface area contributed by atoms with Crippen molar-refractivity contribution in [2.75, 3.05) is 9.80 Å². The van der Waals surface area contributed by atoms with Crippen molar-refractivity contribution in [2.45, 2.75) is 18.8 Å². The van der Waals surface area contributed by atoms with Gasteiger partial charge < -0.3 is 5.11 Å². The van der Waals surface area contributed by atoms with E-state index in [4.69, 9.17) is 23.2 Å². The maximum Gasteiger partial charge on any atom is 0.238 e. The van der Waals surface area contributed by atoms with E-state index in [0.717, 1.165) is 10.5 Å². The van der Waals surface area contributed by atoms with E-state index in [1.807, 2.05) is 6.08 Å². The quantitative estimate of drug-likeness (QED) is 0.297. The summed E-state index contributed by atoms with van der Waals surface area (Å²) in [6, 6.07) is 16.8. The summed E-state index contributed by atoms with van der Waals surface area (Å²) in [4.78, 5) is 57.8. The van der Waals surface area contributed by atoms with Crippen LogP contribution in [0.15, 0.2) is 78.4 Å². The van der Waals surface area contributed by atoms with E-state index < -0.39 is 58.9 Å². The molecule has 4 aliphatic rings. The lowest BCUT2D eigenvalue weighted by Crippen LogP contribution is -2.43. The first-order valence-corrected chi connectivity index (χ1v) is 14.4. The summed E-state index contributed by atoms with van der Waals surface area (Å²) in [5, 5.41) is 10.8. The van der Waals surface area contributed by atoms with Gasteiger partial charge in [-0.1, -0.05) is 40.9 Å². The van der Waals surface area contributed by atoms with Crippen LogP contribution in [0.1, 0.15) is 24.3 Å². The third kappa shape index (κ3) is 3.92. The number of allylic oxidation sites excluding steroid dienone is 2. The van der Waals surface area contributed by atoms with Crippen LogP contribution in [-0.4, -0.2) is 28.7 Å². The van der Waals surface area contributed by atoms with E-state index in [9.17, 15) is 28.7 Å². The number of carbonyl (C=O) groups excluding carboxylic acids is 4. The average Bonchev–Trinajstić information content (AvgIpc) is 3.38. The Morgan fingerprint density at radius 2 is 1.24 bits per heavy atom. The molecule has 212 valence electrons. The Morgan fingerprint density at radius 1 is 0.690 bits per heavy atom. The van der Waals surface area contributed by atoms with E-state index in [-0.39, 0.29) is 24.7 Å². The molecule has 10 heteroatoms. The van der Waals surface area contributed by atoms with Gasteiger partial charge in [-0.25, -0.2) is 4.39 Å². The van der Waals surface area contributed by atoms with Crippen LogP contribution < -0.4 is 9.80 Å². The summed E-state index contributed by atoms with van der Waals surface area (Å²) in [5.41, 5.74) is 1.94. The highest BCUT2D eigenvalue weighted by molar-refractivity contribution is 6.31. The Balaban J connectivity index is 1.33. The molecule has 0 radical (unpaired) electrons. The maximum absolute atomic E-state index is 14.7.